The van der Waals surface area contributed by atoms with Crippen LogP contribution in [0.25, 0.3) is 0 Å². The van der Waals surface area contributed by atoms with Crippen molar-refractivity contribution in [3.05, 3.63) is 34.9 Å². The van der Waals surface area contributed by atoms with Gasteiger partial charge in [-0.05, 0) is 43.3 Å². The molecular weight excluding hydrogens is 238 g/mol. The normalized spacial score (nSPS) is 23.0. The standard InChI is InChI=1S/C13H18ClNS/c1-15-13(12-4-2-3-9-16-12)10-5-7-11(14)8-6-10/h5-8,12-13,15H,2-4,9H2,1H3. The van der Waals surface area contributed by atoms with Crippen LogP contribution >= 0.6 is 23.4 Å². The molecule has 2 rings (SSSR count). The van der Waals surface area contributed by atoms with E-state index in [4.69, 9.17) is 11.6 Å². The third kappa shape index (κ3) is 2.93. The highest BCUT2D eigenvalue weighted by atomic mass is 35.5. The Morgan fingerprint density at radius 2 is 2.06 bits per heavy atom. The van der Waals surface area contributed by atoms with Crippen molar-refractivity contribution in [3.63, 3.8) is 0 Å². The maximum Gasteiger partial charge on any atom is 0.0438 e. The fourth-order valence-electron chi connectivity index (χ4n) is 2.27. The minimum atomic E-state index is 0.461. The van der Waals surface area contributed by atoms with Gasteiger partial charge in [0.05, 0.1) is 0 Å². The summed E-state index contributed by atoms with van der Waals surface area (Å²) >= 11 is 8.02. The molecule has 1 N–H and O–H groups in total. The minimum Gasteiger partial charge on any atom is -0.312 e. The van der Waals surface area contributed by atoms with Gasteiger partial charge in [-0.3, -0.25) is 0 Å². The van der Waals surface area contributed by atoms with Gasteiger partial charge in [-0.15, -0.1) is 0 Å². The van der Waals surface area contributed by atoms with Crippen molar-refractivity contribution < 1.29 is 0 Å². The average Bonchev–Trinajstić information content (AvgIpc) is 2.34. The molecule has 1 heterocycles. The number of hydrogen-bond acceptors (Lipinski definition) is 2. The van der Waals surface area contributed by atoms with E-state index in [-0.39, 0.29) is 0 Å². The molecule has 16 heavy (non-hydrogen) atoms. The number of benzene rings is 1. The fraction of sp³-hybridized carbons (Fsp3) is 0.538. The quantitative estimate of drug-likeness (QED) is 0.880. The number of thioether (sulfide) groups is 1. The molecule has 3 heteroatoms. The van der Waals surface area contributed by atoms with Crippen LogP contribution in [0.1, 0.15) is 30.9 Å². The largest absolute Gasteiger partial charge is 0.312 e. The monoisotopic (exact) mass is 255 g/mol. The lowest BCUT2D eigenvalue weighted by molar-refractivity contribution is 0.516. The lowest BCUT2D eigenvalue weighted by atomic mass is 10.00. The van der Waals surface area contributed by atoms with Crippen LogP contribution in [0.3, 0.4) is 0 Å². The Balaban J connectivity index is 2.11. The lowest BCUT2D eigenvalue weighted by Crippen LogP contribution is -2.29. The lowest BCUT2D eigenvalue weighted by Gasteiger charge is -2.30. The maximum absolute atomic E-state index is 5.92. The summed E-state index contributed by atoms with van der Waals surface area (Å²) in [6, 6.07) is 8.70. The molecular formula is C13H18ClNS. The van der Waals surface area contributed by atoms with Crippen molar-refractivity contribution in [2.24, 2.45) is 0 Å². The molecule has 1 saturated heterocycles. The Kier molecular flexibility index (Phi) is 4.56. The van der Waals surface area contributed by atoms with Crippen molar-refractivity contribution in [1.82, 2.24) is 5.32 Å². The van der Waals surface area contributed by atoms with Gasteiger partial charge < -0.3 is 5.32 Å². The van der Waals surface area contributed by atoms with E-state index in [1.807, 2.05) is 12.1 Å². The predicted molar refractivity (Wildman–Crippen MR) is 73.3 cm³/mol. The molecule has 88 valence electrons. The van der Waals surface area contributed by atoms with Gasteiger partial charge >= 0.3 is 0 Å². The van der Waals surface area contributed by atoms with Crippen LogP contribution in [0.15, 0.2) is 24.3 Å². The highest BCUT2D eigenvalue weighted by Gasteiger charge is 2.24. The number of rotatable bonds is 3. The zero-order valence-corrected chi connectivity index (χ0v) is 11.2. The van der Waals surface area contributed by atoms with E-state index < -0.39 is 0 Å². The van der Waals surface area contributed by atoms with Gasteiger partial charge in [-0.25, -0.2) is 0 Å². The third-order valence-corrected chi connectivity index (χ3v) is 4.84. The van der Waals surface area contributed by atoms with Crippen LogP contribution in [-0.4, -0.2) is 18.1 Å². The van der Waals surface area contributed by atoms with Crippen LogP contribution in [0.4, 0.5) is 0 Å². The first-order valence-electron chi connectivity index (χ1n) is 5.85. The van der Waals surface area contributed by atoms with E-state index in [9.17, 15) is 0 Å². The van der Waals surface area contributed by atoms with Crippen LogP contribution in [-0.2, 0) is 0 Å². The molecule has 2 unspecified atom stereocenters. The first-order valence-corrected chi connectivity index (χ1v) is 7.28. The van der Waals surface area contributed by atoms with Crippen molar-refractivity contribution >= 4 is 23.4 Å². The molecule has 0 aromatic heterocycles. The number of nitrogens with one attached hydrogen (secondary N) is 1. The second kappa shape index (κ2) is 5.95. The van der Waals surface area contributed by atoms with E-state index >= 15 is 0 Å². The zero-order valence-electron chi connectivity index (χ0n) is 9.58. The van der Waals surface area contributed by atoms with E-state index in [1.165, 1.54) is 30.6 Å². The highest BCUT2D eigenvalue weighted by Crippen LogP contribution is 2.34. The Morgan fingerprint density at radius 1 is 1.31 bits per heavy atom. The molecule has 1 nitrogen and oxygen atoms in total. The summed E-state index contributed by atoms with van der Waals surface area (Å²) in [5.41, 5.74) is 1.35. The predicted octanol–water partition coefficient (Wildman–Crippen LogP) is 3.89. The van der Waals surface area contributed by atoms with Crippen molar-refractivity contribution in [2.45, 2.75) is 30.6 Å². The summed E-state index contributed by atoms with van der Waals surface area (Å²) < 4.78 is 0. The molecule has 1 fully saturated rings. The first kappa shape index (κ1) is 12.3. The second-order valence-electron chi connectivity index (χ2n) is 4.22. The summed E-state index contributed by atoms with van der Waals surface area (Å²) in [4.78, 5) is 0. The summed E-state index contributed by atoms with van der Waals surface area (Å²) in [6.07, 6.45) is 4.06. The van der Waals surface area contributed by atoms with Crippen molar-refractivity contribution in [1.29, 1.82) is 0 Å². The summed E-state index contributed by atoms with van der Waals surface area (Å²) in [6.45, 7) is 0. The van der Waals surface area contributed by atoms with Gasteiger partial charge in [-0.1, -0.05) is 30.2 Å². The molecule has 1 aliphatic rings. The molecule has 0 aliphatic carbocycles. The third-order valence-electron chi connectivity index (χ3n) is 3.13. The summed E-state index contributed by atoms with van der Waals surface area (Å²) in [5.74, 6) is 1.30. The van der Waals surface area contributed by atoms with Crippen molar-refractivity contribution in [3.8, 4) is 0 Å². The molecule has 1 aromatic carbocycles. The second-order valence-corrected chi connectivity index (χ2v) is 6.01. The summed E-state index contributed by atoms with van der Waals surface area (Å²) in [7, 11) is 2.05. The van der Waals surface area contributed by atoms with Gasteiger partial charge in [0.15, 0.2) is 0 Å². The van der Waals surface area contributed by atoms with E-state index in [0.717, 1.165) is 5.02 Å². The fourth-order valence-corrected chi connectivity index (χ4v) is 3.88. The molecule has 0 spiro atoms. The minimum absolute atomic E-state index is 0.461. The smallest absolute Gasteiger partial charge is 0.0438 e. The molecule has 0 bridgehead atoms. The van der Waals surface area contributed by atoms with Gasteiger partial charge in [0, 0.05) is 16.3 Å². The van der Waals surface area contributed by atoms with Crippen LogP contribution < -0.4 is 5.32 Å². The number of halogens is 1. The first-order chi connectivity index (χ1) is 7.81. The molecule has 1 aliphatic heterocycles. The Morgan fingerprint density at radius 3 is 2.62 bits per heavy atom. The van der Waals surface area contributed by atoms with Crippen LogP contribution in [0, 0.1) is 0 Å². The van der Waals surface area contributed by atoms with Gasteiger partial charge in [-0.2, -0.15) is 11.8 Å². The van der Waals surface area contributed by atoms with Crippen LogP contribution in [0.5, 0.6) is 0 Å². The Bertz CT molecular complexity index is 319. The van der Waals surface area contributed by atoms with E-state index in [1.54, 1.807) is 0 Å². The van der Waals surface area contributed by atoms with E-state index in [2.05, 4.69) is 36.3 Å². The van der Waals surface area contributed by atoms with Crippen LogP contribution in [0.2, 0.25) is 5.02 Å². The summed E-state index contributed by atoms with van der Waals surface area (Å²) in [5, 5.41) is 4.97. The molecule has 2 atom stereocenters. The Labute approximate surface area is 107 Å². The topological polar surface area (TPSA) is 12.0 Å². The van der Waals surface area contributed by atoms with Gasteiger partial charge in [0.25, 0.3) is 0 Å². The SMILES string of the molecule is CNC(c1ccc(Cl)cc1)C1CCCCS1. The van der Waals surface area contributed by atoms with Crippen molar-refractivity contribution in [2.75, 3.05) is 12.8 Å². The molecule has 0 radical (unpaired) electrons. The molecule has 0 saturated carbocycles. The average molecular weight is 256 g/mol. The number of hydrogen-bond donors (Lipinski definition) is 1. The van der Waals surface area contributed by atoms with E-state index in [0.29, 0.717) is 11.3 Å². The molecule has 0 amide bonds. The van der Waals surface area contributed by atoms with Gasteiger partial charge in [0.2, 0.25) is 0 Å². The Hall–Kier alpha value is -0.180. The highest BCUT2D eigenvalue weighted by molar-refractivity contribution is 8.00. The maximum atomic E-state index is 5.92. The van der Waals surface area contributed by atoms with Gasteiger partial charge in [0.1, 0.15) is 0 Å². The molecule has 1 aromatic rings. The zero-order chi connectivity index (χ0) is 11.4.